The molecule has 2 heterocycles. The highest BCUT2D eigenvalue weighted by molar-refractivity contribution is 5.96. The first kappa shape index (κ1) is 17.6. The zero-order chi connectivity index (χ0) is 18.5. The van der Waals surface area contributed by atoms with Crippen LogP contribution < -0.4 is 5.32 Å². The Morgan fingerprint density at radius 2 is 1.88 bits per heavy atom. The quantitative estimate of drug-likeness (QED) is 0.825. The lowest BCUT2D eigenvalue weighted by Gasteiger charge is -2.15. The largest absolute Gasteiger partial charge is 0.477 e. The maximum absolute atomic E-state index is 12.2. The Bertz CT molecular complexity index is 833. The van der Waals surface area contributed by atoms with Gasteiger partial charge in [-0.05, 0) is 29.7 Å². The predicted octanol–water partition coefficient (Wildman–Crippen LogP) is 1.83. The smallest absolute Gasteiger partial charge is 0.354 e. The van der Waals surface area contributed by atoms with Crippen molar-refractivity contribution >= 4 is 17.8 Å². The monoisotopic (exact) mass is 353 g/mol. The first-order chi connectivity index (χ1) is 12.5. The maximum atomic E-state index is 12.2. The van der Waals surface area contributed by atoms with Crippen LogP contribution >= 0.6 is 0 Å². The molecule has 0 aliphatic carbocycles. The lowest BCUT2D eigenvalue weighted by atomic mass is 10.1. The van der Waals surface area contributed by atoms with Crippen LogP contribution in [0.4, 0.5) is 0 Å². The van der Waals surface area contributed by atoms with Gasteiger partial charge in [0.25, 0.3) is 5.91 Å². The molecular weight excluding hydrogens is 334 g/mol. The fraction of sp³-hybridized carbons (Fsp3) is 0.263. The van der Waals surface area contributed by atoms with E-state index in [4.69, 9.17) is 5.11 Å². The van der Waals surface area contributed by atoms with Crippen LogP contribution in [-0.4, -0.2) is 39.3 Å². The summed E-state index contributed by atoms with van der Waals surface area (Å²) in [4.78, 5) is 40.3. The number of amides is 2. The van der Waals surface area contributed by atoms with Crippen molar-refractivity contribution in [2.45, 2.75) is 25.9 Å². The van der Waals surface area contributed by atoms with Crippen LogP contribution in [0.5, 0.6) is 0 Å². The number of pyridine rings is 1. The summed E-state index contributed by atoms with van der Waals surface area (Å²) in [6.45, 7) is 1.74. The zero-order valence-electron chi connectivity index (χ0n) is 14.1. The average Bonchev–Trinajstić information content (AvgIpc) is 3.05. The van der Waals surface area contributed by atoms with Crippen molar-refractivity contribution in [3.8, 4) is 0 Å². The zero-order valence-corrected chi connectivity index (χ0v) is 14.1. The van der Waals surface area contributed by atoms with Gasteiger partial charge in [-0.3, -0.25) is 9.59 Å². The third-order valence-corrected chi connectivity index (χ3v) is 4.26. The summed E-state index contributed by atoms with van der Waals surface area (Å²) in [6.07, 6.45) is 2.84. The van der Waals surface area contributed by atoms with E-state index in [1.54, 1.807) is 0 Å². The number of carbonyl (C=O) groups excluding carboxylic acids is 2. The Morgan fingerprint density at radius 3 is 2.54 bits per heavy atom. The minimum atomic E-state index is -1.17. The van der Waals surface area contributed by atoms with Crippen molar-refractivity contribution in [2.24, 2.45) is 0 Å². The van der Waals surface area contributed by atoms with Gasteiger partial charge in [0.1, 0.15) is 5.69 Å². The van der Waals surface area contributed by atoms with Crippen molar-refractivity contribution < 1.29 is 19.5 Å². The molecule has 1 saturated heterocycles. The third kappa shape index (κ3) is 4.24. The van der Waals surface area contributed by atoms with Crippen LogP contribution in [0.1, 0.15) is 44.8 Å². The highest BCUT2D eigenvalue weighted by Crippen LogP contribution is 2.15. The number of nitrogens with zero attached hydrogens (tertiary/aromatic N) is 2. The topological polar surface area (TPSA) is 99.6 Å². The molecule has 0 bridgehead atoms. The molecule has 0 unspecified atom stereocenters. The SMILES string of the molecule is O=C(NCc1ccc(CN2CCCC2=O)cc1)c1ccnc(C(=O)O)c1. The second-order valence-corrected chi connectivity index (χ2v) is 6.15. The molecule has 3 rings (SSSR count). The van der Waals surface area contributed by atoms with E-state index in [0.717, 1.165) is 24.1 Å². The Labute approximate surface area is 150 Å². The van der Waals surface area contributed by atoms with Gasteiger partial charge in [0.15, 0.2) is 0 Å². The lowest BCUT2D eigenvalue weighted by Crippen LogP contribution is -2.24. The number of likely N-dealkylation sites (tertiary alicyclic amines) is 1. The summed E-state index contributed by atoms with van der Waals surface area (Å²) >= 11 is 0. The van der Waals surface area contributed by atoms with Gasteiger partial charge in [0.2, 0.25) is 5.91 Å². The Hall–Kier alpha value is -3.22. The standard InChI is InChI=1S/C19H19N3O4/c23-17-2-1-9-22(17)12-14-5-3-13(4-6-14)11-21-18(24)15-7-8-20-16(10-15)19(25)26/h3-8,10H,1-2,9,11-12H2,(H,21,24)(H,25,26). The number of benzene rings is 1. The normalized spacial score (nSPS) is 13.7. The summed E-state index contributed by atoms with van der Waals surface area (Å²) in [6, 6.07) is 10.4. The van der Waals surface area contributed by atoms with Gasteiger partial charge < -0.3 is 15.3 Å². The molecule has 0 atom stereocenters. The van der Waals surface area contributed by atoms with Crippen LogP contribution in [0, 0.1) is 0 Å². The number of aromatic carboxylic acids is 1. The summed E-state index contributed by atoms with van der Waals surface area (Å²) < 4.78 is 0. The molecule has 0 spiro atoms. The van der Waals surface area contributed by atoms with Gasteiger partial charge in [0.05, 0.1) is 0 Å². The molecule has 1 aromatic heterocycles. The number of aromatic nitrogens is 1. The summed E-state index contributed by atoms with van der Waals surface area (Å²) in [5.74, 6) is -1.34. The molecule has 2 aromatic rings. The van der Waals surface area contributed by atoms with Crippen molar-refractivity contribution in [1.29, 1.82) is 0 Å². The van der Waals surface area contributed by atoms with E-state index < -0.39 is 5.97 Å². The van der Waals surface area contributed by atoms with Gasteiger partial charge >= 0.3 is 5.97 Å². The molecule has 1 fully saturated rings. The molecule has 1 aliphatic heterocycles. The van der Waals surface area contributed by atoms with E-state index in [0.29, 0.717) is 19.5 Å². The molecule has 0 saturated carbocycles. The molecule has 7 heteroatoms. The van der Waals surface area contributed by atoms with Crippen LogP contribution in [0.25, 0.3) is 0 Å². The maximum Gasteiger partial charge on any atom is 0.354 e. The van der Waals surface area contributed by atoms with Crippen molar-refractivity contribution in [1.82, 2.24) is 15.2 Å². The van der Waals surface area contributed by atoms with Crippen LogP contribution in [0.2, 0.25) is 0 Å². The number of carboxylic acid groups (broad SMARTS) is 1. The number of nitrogens with one attached hydrogen (secondary N) is 1. The van der Waals surface area contributed by atoms with E-state index in [1.165, 1.54) is 18.3 Å². The molecule has 1 aliphatic rings. The molecule has 134 valence electrons. The van der Waals surface area contributed by atoms with E-state index in [-0.39, 0.29) is 23.1 Å². The van der Waals surface area contributed by atoms with Gasteiger partial charge in [-0.15, -0.1) is 0 Å². The van der Waals surface area contributed by atoms with E-state index in [2.05, 4.69) is 10.3 Å². The van der Waals surface area contributed by atoms with Crippen LogP contribution in [-0.2, 0) is 17.9 Å². The van der Waals surface area contributed by atoms with E-state index >= 15 is 0 Å². The number of carboxylic acids is 1. The fourth-order valence-corrected chi connectivity index (χ4v) is 2.83. The Morgan fingerprint density at radius 1 is 1.15 bits per heavy atom. The summed E-state index contributed by atoms with van der Waals surface area (Å²) in [5, 5.41) is 11.7. The second-order valence-electron chi connectivity index (χ2n) is 6.15. The molecule has 0 radical (unpaired) electrons. The van der Waals surface area contributed by atoms with Crippen molar-refractivity contribution in [3.63, 3.8) is 0 Å². The van der Waals surface area contributed by atoms with Crippen molar-refractivity contribution in [3.05, 3.63) is 65.0 Å². The average molecular weight is 353 g/mol. The molecule has 2 amide bonds. The van der Waals surface area contributed by atoms with Crippen LogP contribution in [0.15, 0.2) is 42.6 Å². The first-order valence-electron chi connectivity index (χ1n) is 8.36. The number of hydrogen-bond donors (Lipinski definition) is 2. The third-order valence-electron chi connectivity index (χ3n) is 4.26. The minimum absolute atomic E-state index is 0.168. The van der Waals surface area contributed by atoms with E-state index in [1.807, 2.05) is 29.2 Å². The number of hydrogen-bond acceptors (Lipinski definition) is 4. The Balaban J connectivity index is 1.56. The molecule has 2 N–H and O–H groups in total. The molecular formula is C19H19N3O4. The predicted molar refractivity (Wildman–Crippen MR) is 93.5 cm³/mol. The fourth-order valence-electron chi connectivity index (χ4n) is 2.83. The molecule has 1 aromatic carbocycles. The van der Waals surface area contributed by atoms with Gasteiger partial charge in [-0.1, -0.05) is 24.3 Å². The van der Waals surface area contributed by atoms with Gasteiger partial charge in [-0.2, -0.15) is 0 Å². The summed E-state index contributed by atoms with van der Waals surface area (Å²) in [5.41, 5.74) is 2.05. The summed E-state index contributed by atoms with van der Waals surface area (Å²) in [7, 11) is 0. The Kier molecular flexibility index (Phi) is 5.26. The van der Waals surface area contributed by atoms with Gasteiger partial charge in [0, 0.05) is 37.8 Å². The van der Waals surface area contributed by atoms with E-state index in [9.17, 15) is 14.4 Å². The first-order valence-corrected chi connectivity index (χ1v) is 8.36. The van der Waals surface area contributed by atoms with Gasteiger partial charge in [-0.25, -0.2) is 9.78 Å². The highest BCUT2D eigenvalue weighted by atomic mass is 16.4. The number of rotatable bonds is 6. The molecule has 7 nitrogen and oxygen atoms in total. The lowest BCUT2D eigenvalue weighted by molar-refractivity contribution is -0.128. The molecule has 26 heavy (non-hydrogen) atoms. The van der Waals surface area contributed by atoms with Crippen molar-refractivity contribution in [2.75, 3.05) is 6.54 Å². The van der Waals surface area contributed by atoms with Crippen LogP contribution in [0.3, 0.4) is 0 Å². The number of carbonyl (C=O) groups is 3. The highest BCUT2D eigenvalue weighted by Gasteiger charge is 2.19. The minimum Gasteiger partial charge on any atom is -0.477 e. The second kappa shape index (κ2) is 7.77.